The summed E-state index contributed by atoms with van der Waals surface area (Å²) in [5.74, 6) is -0.865. The summed E-state index contributed by atoms with van der Waals surface area (Å²) in [4.78, 5) is 0. The smallest absolute Gasteiger partial charge is 0.373 e. The molecule has 96 valence electrons. The maximum atomic E-state index is 10.7. The second-order valence-corrected chi connectivity index (χ2v) is 7.37. The standard InChI is InChI=1S/C9H14O6SSi/c1-13-17(14-2,15-8-16(10,11)12)9-6-4-3-5-7-9/h3-7H,8H2,1-2H3,(H,10,11,12). The second-order valence-electron chi connectivity index (χ2n) is 3.17. The normalized spacial score (nSPS) is 12.6. The highest BCUT2D eigenvalue weighted by molar-refractivity contribution is 7.85. The molecule has 0 heterocycles. The molecule has 0 amide bonds. The zero-order valence-electron chi connectivity index (χ0n) is 9.49. The predicted octanol–water partition coefficient (Wildman–Crippen LogP) is -0.0128. The highest BCUT2D eigenvalue weighted by atomic mass is 32.2. The van der Waals surface area contributed by atoms with Crippen molar-refractivity contribution in [3.8, 4) is 0 Å². The Morgan fingerprint density at radius 1 is 1.18 bits per heavy atom. The molecule has 1 aromatic carbocycles. The first-order valence-corrected chi connectivity index (χ1v) is 8.02. The summed E-state index contributed by atoms with van der Waals surface area (Å²) in [5.41, 5.74) is 0. The molecule has 1 N–H and O–H groups in total. The van der Waals surface area contributed by atoms with Crippen molar-refractivity contribution in [2.45, 2.75) is 0 Å². The van der Waals surface area contributed by atoms with Crippen LogP contribution in [0.4, 0.5) is 0 Å². The van der Waals surface area contributed by atoms with Gasteiger partial charge in [-0.05, 0) is 0 Å². The molecule has 0 unspecified atom stereocenters. The van der Waals surface area contributed by atoms with Gasteiger partial charge in [-0.25, -0.2) is 0 Å². The van der Waals surface area contributed by atoms with Crippen LogP contribution in [0.1, 0.15) is 0 Å². The lowest BCUT2D eigenvalue weighted by atomic mass is 10.4. The van der Waals surface area contributed by atoms with Gasteiger partial charge < -0.3 is 13.3 Å². The van der Waals surface area contributed by atoms with Gasteiger partial charge in [0.2, 0.25) is 0 Å². The van der Waals surface area contributed by atoms with E-state index < -0.39 is 24.9 Å². The average Bonchev–Trinajstić information content (AvgIpc) is 2.31. The molecule has 0 aromatic heterocycles. The van der Waals surface area contributed by atoms with E-state index in [9.17, 15) is 8.42 Å². The van der Waals surface area contributed by atoms with Crippen LogP contribution in [-0.2, 0) is 23.4 Å². The molecule has 0 spiro atoms. The molecule has 0 saturated heterocycles. The highest BCUT2D eigenvalue weighted by Gasteiger charge is 2.42. The number of hydrogen-bond donors (Lipinski definition) is 1. The Labute approximate surface area is 101 Å². The van der Waals surface area contributed by atoms with E-state index in [1.54, 1.807) is 30.3 Å². The van der Waals surface area contributed by atoms with Gasteiger partial charge in [0.1, 0.15) is 0 Å². The quantitative estimate of drug-likeness (QED) is 0.582. The third-order valence-electron chi connectivity index (χ3n) is 2.06. The Balaban J connectivity index is 2.98. The van der Waals surface area contributed by atoms with Gasteiger partial charge in [0.25, 0.3) is 10.1 Å². The van der Waals surface area contributed by atoms with E-state index in [2.05, 4.69) is 0 Å². The van der Waals surface area contributed by atoms with E-state index in [0.29, 0.717) is 5.19 Å². The van der Waals surface area contributed by atoms with Gasteiger partial charge in [-0.3, -0.25) is 4.55 Å². The molecule has 6 nitrogen and oxygen atoms in total. The van der Waals surface area contributed by atoms with E-state index in [0.717, 1.165) is 0 Å². The van der Waals surface area contributed by atoms with E-state index >= 15 is 0 Å². The number of rotatable bonds is 6. The summed E-state index contributed by atoms with van der Waals surface area (Å²) in [6, 6.07) is 8.74. The fourth-order valence-corrected chi connectivity index (χ4v) is 4.17. The summed E-state index contributed by atoms with van der Waals surface area (Å²) in [6.45, 7) is 0. The molecular formula is C9H14O6SSi. The molecule has 0 aliphatic rings. The predicted molar refractivity (Wildman–Crippen MR) is 63.3 cm³/mol. The van der Waals surface area contributed by atoms with E-state index in [-0.39, 0.29) is 0 Å². The molecule has 1 aromatic rings. The van der Waals surface area contributed by atoms with Crippen molar-refractivity contribution in [3.05, 3.63) is 30.3 Å². The van der Waals surface area contributed by atoms with Crippen molar-refractivity contribution in [2.75, 3.05) is 20.2 Å². The molecule has 0 radical (unpaired) electrons. The van der Waals surface area contributed by atoms with Crippen molar-refractivity contribution in [3.63, 3.8) is 0 Å². The molecule has 0 aliphatic carbocycles. The van der Waals surface area contributed by atoms with Crippen molar-refractivity contribution < 1.29 is 26.2 Å². The third-order valence-corrected chi connectivity index (χ3v) is 5.33. The van der Waals surface area contributed by atoms with Gasteiger partial charge in [0.15, 0.2) is 5.94 Å². The molecule has 17 heavy (non-hydrogen) atoms. The van der Waals surface area contributed by atoms with Gasteiger partial charge >= 0.3 is 8.80 Å². The van der Waals surface area contributed by atoms with Crippen LogP contribution in [0.15, 0.2) is 30.3 Å². The van der Waals surface area contributed by atoms with Crippen LogP contribution in [-0.4, -0.2) is 41.9 Å². The molecule has 1 rings (SSSR count). The van der Waals surface area contributed by atoms with E-state index in [1.165, 1.54) is 14.2 Å². The maximum absolute atomic E-state index is 10.7. The summed E-state index contributed by atoms with van der Waals surface area (Å²) < 4.78 is 45.6. The molecular weight excluding hydrogens is 264 g/mol. The number of hydrogen-bond acceptors (Lipinski definition) is 5. The minimum atomic E-state index is -4.23. The van der Waals surface area contributed by atoms with Crippen molar-refractivity contribution >= 4 is 24.1 Å². The maximum Gasteiger partial charge on any atom is 0.537 e. The van der Waals surface area contributed by atoms with Crippen LogP contribution in [0.2, 0.25) is 0 Å². The van der Waals surface area contributed by atoms with Crippen LogP contribution in [0, 0.1) is 0 Å². The lowest BCUT2D eigenvalue weighted by Crippen LogP contribution is -2.56. The first-order valence-electron chi connectivity index (χ1n) is 4.68. The Morgan fingerprint density at radius 2 is 1.71 bits per heavy atom. The van der Waals surface area contributed by atoms with Gasteiger partial charge in [-0.15, -0.1) is 0 Å². The largest absolute Gasteiger partial charge is 0.537 e. The van der Waals surface area contributed by atoms with Crippen LogP contribution < -0.4 is 5.19 Å². The lowest BCUT2D eigenvalue weighted by molar-refractivity contribution is 0.130. The Hall–Kier alpha value is -0.773. The zero-order valence-corrected chi connectivity index (χ0v) is 11.3. The second kappa shape index (κ2) is 5.71. The summed E-state index contributed by atoms with van der Waals surface area (Å²) >= 11 is 0. The monoisotopic (exact) mass is 278 g/mol. The Morgan fingerprint density at radius 3 is 2.12 bits per heavy atom. The molecule has 0 saturated carbocycles. The van der Waals surface area contributed by atoms with Crippen LogP contribution >= 0.6 is 0 Å². The highest BCUT2D eigenvalue weighted by Crippen LogP contribution is 2.09. The van der Waals surface area contributed by atoms with Crippen molar-refractivity contribution in [1.29, 1.82) is 0 Å². The zero-order chi connectivity index (χ0) is 12.9. The molecule has 0 fully saturated rings. The van der Waals surface area contributed by atoms with Crippen LogP contribution in [0.5, 0.6) is 0 Å². The lowest BCUT2D eigenvalue weighted by Gasteiger charge is -2.25. The van der Waals surface area contributed by atoms with E-state index in [4.69, 9.17) is 17.8 Å². The molecule has 0 bridgehead atoms. The fraction of sp³-hybridized carbons (Fsp3) is 0.333. The van der Waals surface area contributed by atoms with Gasteiger partial charge in [0, 0.05) is 19.4 Å². The molecule has 0 aliphatic heterocycles. The summed E-state index contributed by atoms with van der Waals surface area (Å²) in [7, 11) is -4.77. The minimum Gasteiger partial charge on any atom is -0.373 e. The SMILES string of the molecule is CO[Si](OC)(OCS(=O)(=O)O)c1ccccc1. The van der Waals surface area contributed by atoms with Crippen molar-refractivity contribution in [1.82, 2.24) is 0 Å². The first kappa shape index (κ1) is 14.3. The van der Waals surface area contributed by atoms with Gasteiger partial charge in [0.05, 0.1) is 0 Å². The average molecular weight is 278 g/mol. The fourth-order valence-electron chi connectivity index (χ4n) is 1.31. The molecule has 8 heteroatoms. The third kappa shape index (κ3) is 3.87. The summed E-state index contributed by atoms with van der Waals surface area (Å²) in [6.07, 6.45) is 0. The minimum absolute atomic E-state index is 0.619. The number of benzene rings is 1. The van der Waals surface area contributed by atoms with Crippen LogP contribution in [0.3, 0.4) is 0 Å². The first-order chi connectivity index (χ1) is 7.93. The Bertz CT molecular complexity index is 442. The summed E-state index contributed by atoms with van der Waals surface area (Å²) in [5, 5.41) is 0.619. The van der Waals surface area contributed by atoms with Crippen molar-refractivity contribution in [2.24, 2.45) is 0 Å². The van der Waals surface area contributed by atoms with Gasteiger partial charge in [-0.2, -0.15) is 8.42 Å². The topological polar surface area (TPSA) is 82.1 Å². The Kier molecular flexibility index (Phi) is 4.80. The van der Waals surface area contributed by atoms with E-state index in [1.807, 2.05) is 0 Å². The molecule has 0 atom stereocenters. The van der Waals surface area contributed by atoms with Crippen LogP contribution in [0.25, 0.3) is 0 Å². The van der Waals surface area contributed by atoms with Gasteiger partial charge in [-0.1, -0.05) is 30.3 Å².